The summed E-state index contributed by atoms with van der Waals surface area (Å²) in [5.41, 5.74) is 0.893. The van der Waals surface area contributed by atoms with Crippen molar-refractivity contribution in [2.75, 3.05) is 6.61 Å². The zero-order valence-electron chi connectivity index (χ0n) is 7.01. The van der Waals surface area contributed by atoms with E-state index in [1.54, 1.807) is 12.1 Å². The zero-order valence-corrected chi connectivity index (χ0v) is 8.01. The maximum atomic E-state index is 8.91. The average molecular weight is 204 g/mol. The SMILES string of the molecule is OCCc1ccc([PH](O)(O)O)cc1. The molecular formula is C8H13O4P. The van der Waals surface area contributed by atoms with Gasteiger partial charge < -0.3 is 0 Å². The van der Waals surface area contributed by atoms with Crippen LogP contribution < -0.4 is 5.30 Å². The van der Waals surface area contributed by atoms with Gasteiger partial charge >= 0.3 is 75.9 Å². The fourth-order valence-electron chi connectivity index (χ4n) is 1.02. The first-order valence-corrected chi connectivity index (χ1v) is 5.75. The van der Waals surface area contributed by atoms with Crippen molar-refractivity contribution in [2.24, 2.45) is 0 Å². The third-order valence-electron chi connectivity index (χ3n) is 1.74. The van der Waals surface area contributed by atoms with Crippen LogP contribution in [0.3, 0.4) is 0 Å². The van der Waals surface area contributed by atoms with Gasteiger partial charge in [0.15, 0.2) is 0 Å². The summed E-state index contributed by atoms with van der Waals surface area (Å²) < 4.78 is 0. The van der Waals surface area contributed by atoms with Crippen LogP contribution in [0, 0.1) is 0 Å². The summed E-state index contributed by atoms with van der Waals surface area (Å²) in [7, 11) is -4.14. The molecule has 1 aromatic rings. The first kappa shape index (κ1) is 10.6. The fraction of sp³-hybridized carbons (Fsp3) is 0.250. The summed E-state index contributed by atoms with van der Waals surface area (Å²) in [5.74, 6) is 0. The van der Waals surface area contributed by atoms with Gasteiger partial charge in [-0.15, -0.1) is 0 Å². The van der Waals surface area contributed by atoms with E-state index >= 15 is 0 Å². The van der Waals surface area contributed by atoms with Crippen LogP contribution in [-0.4, -0.2) is 26.4 Å². The Kier molecular flexibility index (Phi) is 3.36. The van der Waals surface area contributed by atoms with Gasteiger partial charge in [0.05, 0.1) is 0 Å². The van der Waals surface area contributed by atoms with Gasteiger partial charge in [0, 0.05) is 0 Å². The molecule has 1 rings (SSSR count). The Morgan fingerprint density at radius 3 is 1.92 bits per heavy atom. The Morgan fingerprint density at radius 2 is 1.54 bits per heavy atom. The van der Waals surface area contributed by atoms with Crippen molar-refractivity contribution in [3.63, 3.8) is 0 Å². The maximum absolute atomic E-state index is 8.91. The third-order valence-corrected chi connectivity index (χ3v) is 2.85. The van der Waals surface area contributed by atoms with Gasteiger partial charge in [0.25, 0.3) is 0 Å². The van der Waals surface area contributed by atoms with Gasteiger partial charge in [0.2, 0.25) is 0 Å². The predicted octanol–water partition coefficient (Wildman–Crippen LogP) is -0.681. The minimum atomic E-state index is -4.14. The van der Waals surface area contributed by atoms with Gasteiger partial charge in [0.1, 0.15) is 0 Å². The molecule has 74 valence electrons. The van der Waals surface area contributed by atoms with Crippen LogP contribution in [0.15, 0.2) is 24.3 Å². The van der Waals surface area contributed by atoms with Gasteiger partial charge in [-0.3, -0.25) is 0 Å². The number of aliphatic hydroxyl groups excluding tert-OH is 1. The molecule has 13 heavy (non-hydrogen) atoms. The van der Waals surface area contributed by atoms with Gasteiger partial charge in [-0.2, -0.15) is 0 Å². The molecule has 0 unspecified atom stereocenters. The van der Waals surface area contributed by atoms with Gasteiger partial charge in [-0.05, 0) is 0 Å². The Hall–Kier alpha value is -0.510. The summed E-state index contributed by atoms with van der Waals surface area (Å²) in [4.78, 5) is 26.7. The molecule has 0 aliphatic heterocycles. The molecule has 0 saturated carbocycles. The van der Waals surface area contributed by atoms with Gasteiger partial charge in [-0.1, -0.05) is 0 Å². The van der Waals surface area contributed by atoms with Crippen LogP contribution in [0.25, 0.3) is 0 Å². The molecule has 0 aliphatic rings. The van der Waals surface area contributed by atoms with Crippen LogP contribution in [0.4, 0.5) is 0 Å². The molecule has 4 N–H and O–H groups in total. The fourth-order valence-corrected chi connectivity index (χ4v) is 1.64. The van der Waals surface area contributed by atoms with Crippen LogP contribution in [0.2, 0.25) is 0 Å². The summed E-state index contributed by atoms with van der Waals surface area (Å²) in [6.07, 6.45) is 0.525. The first-order chi connectivity index (χ1) is 6.04. The topological polar surface area (TPSA) is 80.9 Å². The van der Waals surface area contributed by atoms with Crippen molar-refractivity contribution in [2.45, 2.75) is 6.42 Å². The van der Waals surface area contributed by atoms with E-state index in [0.717, 1.165) is 5.56 Å². The van der Waals surface area contributed by atoms with Crippen molar-refractivity contribution in [1.29, 1.82) is 0 Å². The van der Waals surface area contributed by atoms with E-state index in [1.165, 1.54) is 12.1 Å². The summed E-state index contributed by atoms with van der Waals surface area (Å²) >= 11 is 0. The summed E-state index contributed by atoms with van der Waals surface area (Å²) in [6, 6.07) is 6.21. The van der Waals surface area contributed by atoms with Crippen LogP contribution in [0.1, 0.15) is 5.56 Å². The van der Waals surface area contributed by atoms with E-state index in [9.17, 15) is 0 Å². The molecule has 0 saturated heterocycles. The molecule has 0 radical (unpaired) electrons. The molecule has 4 nitrogen and oxygen atoms in total. The van der Waals surface area contributed by atoms with E-state index < -0.39 is 7.94 Å². The minimum absolute atomic E-state index is 0.0549. The number of aliphatic hydroxyl groups is 1. The molecule has 0 aromatic heterocycles. The molecule has 0 bridgehead atoms. The number of rotatable bonds is 3. The molecule has 0 amide bonds. The molecule has 5 heteroatoms. The monoisotopic (exact) mass is 204 g/mol. The molecule has 0 fully saturated rings. The van der Waals surface area contributed by atoms with Crippen molar-refractivity contribution < 1.29 is 19.8 Å². The summed E-state index contributed by atoms with van der Waals surface area (Å²) in [5, 5.41) is 8.76. The van der Waals surface area contributed by atoms with Crippen molar-refractivity contribution in [3.8, 4) is 0 Å². The second kappa shape index (κ2) is 4.13. The quantitative estimate of drug-likeness (QED) is 0.492. The Balaban J connectivity index is 2.81. The second-order valence-corrected chi connectivity index (χ2v) is 4.65. The molecule has 0 atom stereocenters. The van der Waals surface area contributed by atoms with E-state index in [1.807, 2.05) is 0 Å². The van der Waals surface area contributed by atoms with Crippen LogP contribution in [0.5, 0.6) is 0 Å². The van der Waals surface area contributed by atoms with Crippen LogP contribution in [-0.2, 0) is 6.42 Å². The Bertz CT molecular complexity index is 264. The number of benzene rings is 1. The van der Waals surface area contributed by atoms with E-state index in [4.69, 9.17) is 19.8 Å². The second-order valence-electron chi connectivity index (χ2n) is 2.81. The Morgan fingerprint density at radius 1 is 1.00 bits per heavy atom. The van der Waals surface area contributed by atoms with E-state index in [0.29, 0.717) is 6.42 Å². The molecule has 0 aliphatic carbocycles. The van der Waals surface area contributed by atoms with Gasteiger partial charge in [-0.25, -0.2) is 0 Å². The Labute approximate surface area is 76.7 Å². The average Bonchev–Trinajstić information content (AvgIpc) is 2.04. The first-order valence-electron chi connectivity index (χ1n) is 3.91. The summed E-state index contributed by atoms with van der Waals surface area (Å²) in [6.45, 7) is 0.0549. The van der Waals surface area contributed by atoms with Crippen LogP contribution >= 0.6 is 7.94 Å². The molecule has 1 aromatic carbocycles. The standard InChI is InChI=1S/C8H13O4P/c9-6-5-7-1-3-8(4-2-7)13(10,11)12/h1-4,9-13H,5-6H2. The van der Waals surface area contributed by atoms with Crippen molar-refractivity contribution in [3.05, 3.63) is 29.8 Å². The van der Waals surface area contributed by atoms with Crippen molar-refractivity contribution >= 4 is 13.2 Å². The normalized spacial score (nSPS) is 12.9. The number of hydrogen-bond donors (Lipinski definition) is 4. The molecular weight excluding hydrogens is 191 g/mol. The van der Waals surface area contributed by atoms with E-state index in [-0.39, 0.29) is 11.9 Å². The zero-order chi connectivity index (χ0) is 9.90. The molecule has 0 heterocycles. The molecule has 0 spiro atoms. The van der Waals surface area contributed by atoms with E-state index in [2.05, 4.69) is 0 Å². The third kappa shape index (κ3) is 3.03. The predicted molar refractivity (Wildman–Crippen MR) is 51.8 cm³/mol. The van der Waals surface area contributed by atoms with Crippen molar-refractivity contribution in [1.82, 2.24) is 0 Å². The number of hydrogen-bond acceptors (Lipinski definition) is 4.